The first-order chi connectivity index (χ1) is 16.2. The van der Waals surface area contributed by atoms with Gasteiger partial charge in [-0.1, -0.05) is 11.6 Å². The lowest BCUT2D eigenvalue weighted by Gasteiger charge is -2.35. The van der Waals surface area contributed by atoms with Crippen molar-refractivity contribution >= 4 is 44.8 Å². The maximum Gasteiger partial charge on any atom is 0.410 e. The van der Waals surface area contributed by atoms with E-state index >= 15 is 0 Å². The van der Waals surface area contributed by atoms with Crippen LogP contribution in [0.5, 0.6) is 11.5 Å². The van der Waals surface area contributed by atoms with E-state index in [9.17, 15) is 18.0 Å². The molecule has 1 aromatic carbocycles. The Labute approximate surface area is 207 Å². The Morgan fingerprint density at radius 3 is 2.44 bits per heavy atom. The van der Waals surface area contributed by atoms with E-state index in [4.69, 9.17) is 25.8 Å². The van der Waals surface area contributed by atoms with Gasteiger partial charge in [0, 0.05) is 30.8 Å². The number of methoxy groups -OCH3 is 1. The van der Waals surface area contributed by atoms with Crippen molar-refractivity contribution in [3.05, 3.63) is 39.5 Å². The smallest absolute Gasteiger partial charge is 0.410 e. The molecule has 1 aromatic heterocycles. The number of carbonyl (C=O) groups excluding carboxylic acids is 2. The summed E-state index contributed by atoms with van der Waals surface area (Å²) in [6, 6.07) is 7.12. The van der Waals surface area contributed by atoms with Crippen molar-refractivity contribution in [2.75, 3.05) is 39.6 Å². The van der Waals surface area contributed by atoms with E-state index in [0.29, 0.717) is 38.2 Å². The zero-order chi connectivity index (χ0) is 24.5. The van der Waals surface area contributed by atoms with Gasteiger partial charge in [0.1, 0.15) is 23.0 Å². The van der Waals surface area contributed by atoms with Crippen LogP contribution in [0.3, 0.4) is 0 Å². The monoisotopic (exact) mass is 528 g/mol. The van der Waals surface area contributed by atoms with E-state index in [1.54, 1.807) is 41.2 Å². The molecule has 0 N–H and O–H groups in total. The van der Waals surface area contributed by atoms with Crippen LogP contribution in [0.25, 0.3) is 0 Å². The average Bonchev–Trinajstić information content (AvgIpc) is 3.40. The summed E-state index contributed by atoms with van der Waals surface area (Å²) in [4.78, 5) is 28.9. The molecule has 2 aliphatic heterocycles. The lowest BCUT2D eigenvalue weighted by molar-refractivity contribution is 0.0663. The zero-order valence-electron chi connectivity index (χ0n) is 18.7. The lowest BCUT2D eigenvalue weighted by Crippen LogP contribution is -2.47. The maximum absolute atomic E-state index is 12.9. The number of amides is 2. The number of rotatable bonds is 7. The van der Waals surface area contributed by atoms with E-state index in [1.807, 2.05) is 0 Å². The van der Waals surface area contributed by atoms with Gasteiger partial charge in [-0.3, -0.25) is 4.79 Å². The Hall–Kier alpha value is -2.50. The quantitative estimate of drug-likeness (QED) is 0.543. The summed E-state index contributed by atoms with van der Waals surface area (Å²) >= 11 is 7.21. The van der Waals surface area contributed by atoms with Crippen molar-refractivity contribution in [2.24, 2.45) is 0 Å². The summed E-state index contributed by atoms with van der Waals surface area (Å²) in [6.07, 6.45) is 1.48. The van der Waals surface area contributed by atoms with Crippen molar-refractivity contribution in [1.29, 1.82) is 0 Å². The molecule has 1 unspecified atom stereocenters. The number of cyclic esters (lactones) is 1. The highest BCUT2D eigenvalue weighted by atomic mass is 35.5. The number of nitrogens with zero attached hydrogens (tertiary/aromatic N) is 2. The van der Waals surface area contributed by atoms with Crippen LogP contribution in [0.4, 0.5) is 4.79 Å². The molecule has 0 bridgehead atoms. The number of carbonyl (C=O) groups is 2. The normalized spacial score (nSPS) is 19.3. The summed E-state index contributed by atoms with van der Waals surface area (Å²) in [7, 11) is -1.91. The van der Waals surface area contributed by atoms with Crippen LogP contribution >= 0.6 is 22.9 Å². The molecule has 9 nitrogen and oxygen atoms in total. The fourth-order valence-corrected chi connectivity index (χ4v) is 6.91. The van der Waals surface area contributed by atoms with Crippen LogP contribution in [-0.2, 0) is 14.6 Å². The first kappa shape index (κ1) is 24.6. The molecule has 0 radical (unpaired) electrons. The second-order valence-corrected chi connectivity index (χ2v) is 11.4. The van der Waals surface area contributed by atoms with Crippen LogP contribution in [0, 0.1) is 0 Å². The van der Waals surface area contributed by atoms with Crippen LogP contribution < -0.4 is 9.47 Å². The van der Waals surface area contributed by atoms with E-state index in [1.165, 1.54) is 5.38 Å². The molecule has 34 heavy (non-hydrogen) atoms. The third-order valence-corrected chi connectivity index (χ3v) is 8.74. The molecule has 184 valence electrons. The Morgan fingerprint density at radius 2 is 1.85 bits per heavy atom. The molecule has 2 fully saturated rings. The van der Waals surface area contributed by atoms with Gasteiger partial charge in [0.25, 0.3) is 5.91 Å². The predicted molar refractivity (Wildman–Crippen MR) is 127 cm³/mol. The maximum atomic E-state index is 12.9. The highest BCUT2D eigenvalue weighted by molar-refractivity contribution is 7.91. The van der Waals surface area contributed by atoms with Gasteiger partial charge in [-0.25, -0.2) is 13.2 Å². The Kier molecular flexibility index (Phi) is 7.25. The minimum Gasteiger partial charge on any atom is -0.497 e. The number of ether oxygens (including phenoxy) is 3. The first-order valence-electron chi connectivity index (χ1n) is 10.7. The Balaban J connectivity index is 1.29. The summed E-state index contributed by atoms with van der Waals surface area (Å²) in [6.45, 7) is 1.53. The molecule has 2 aromatic rings. The fourth-order valence-electron chi connectivity index (χ4n) is 4.03. The van der Waals surface area contributed by atoms with Gasteiger partial charge in [0.15, 0.2) is 15.9 Å². The molecule has 0 saturated carbocycles. The number of hydrogen-bond acceptors (Lipinski definition) is 8. The van der Waals surface area contributed by atoms with Gasteiger partial charge < -0.3 is 24.0 Å². The van der Waals surface area contributed by atoms with Gasteiger partial charge in [0.05, 0.1) is 23.6 Å². The first-order valence-corrected chi connectivity index (χ1v) is 13.8. The minimum absolute atomic E-state index is 0.0255. The lowest BCUT2D eigenvalue weighted by atomic mass is 10.0. The topological polar surface area (TPSA) is 102 Å². The molecule has 0 aliphatic carbocycles. The molecule has 2 saturated heterocycles. The van der Waals surface area contributed by atoms with Crippen LogP contribution in [-0.4, -0.2) is 82.0 Å². The molecule has 1 atom stereocenters. The van der Waals surface area contributed by atoms with Crippen LogP contribution in [0.1, 0.15) is 22.5 Å². The Bertz CT molecular complexity index is 1160. The Morgan fingerprint density at radius 1 is 1.21 bits per heavy atom. The molecular weight excluding hydrogens is 504 g/mol. The van der Waals surface area contributed by atoms with Crippen molar-refractivity contribution in [3.63, 3.8) is 0 Å². The third-order valence-electron chi connectivity index (χ3n) is 5.88. The second-order valence-electron chi connectivity index (χ2n) is 8.18. The number of hydrogen-bond donors (Lipinski definition) is 0. The number of halogens is 1. The van der Waals surface area contributed by atoms with E-state index in [2.05, 4.69) is 0 Å². The van der Waals surface area contributed by atoms with E-state index < -0.39 is 9.84 Å². The molecule has 12 heteroatoms. The number of benzene rings is 1. The van der Waals surface area contributed by atoms with Crippen LogP contribution in [0.2, 0.25) is 5.02 Å². The van der Waals surface area contributed by atoms with Crippen molar-refractivity contribution < 1.29 is 32.2 Å². The van der Waals surface area contributed by atoms with Gasteiger partial charge in [-0.05, 0) is 37.1 Å². The summed E-state index contributed by atoms with van der Waals surface area (Å²) < 4.78 is 39.9. The van der Waals surface area contributed by atoms with Gasteiger partial charge >= 0.3 is 6.09 Å². The van der Waals surface area contributed by atoms with Crippen molar-refractivity contribution in [2.45, 2.75) is 29.9 Å². The molecule has 2 aliphatic rings. The van der Waals surface area contributed by atoms with Crippen LogP contribution in [0.15, 0.2) is 34.5 Å². The number of likely N-dealkylation sites (tertiary alicyclic amines) is 1. The molecule has 3 heterocycles. The minimum atomic E-state index is -3.50. The second kappa shape index (κ2) is 10.0. The average molecular weight is 529 g/mol. The van der Waals surface area contributed by atoms with Gasteiger partial charge in [-0.15, -0.1) is 11.3 Å². The SMILES string of the molecule is COc1ccc(OCC2CN(C3CCN(C(=O)c4scc(S(C)(=O)=O)c4Cl)CC3)C(=O)O2)cc1. The van der Waals surface area contributed by atoms with E-state index in [0.717, 1.165) is 23.3 Å². The summed E-state index contributed by atoms with van der Waals surface area (Å²) in [5.74, 6) is 1.10. The zero-order valence-corrected chi connectivity index (χ0v) is 21.1. The highest BCUT2D eigenvalue weighted by Crippen LogP contribution is 2.33. The van der Waals surface area contributed by atoms with Gasteiger partial charge in [0.2, 0.25) is 0 Å². The fraction of sp³-hybridized carbons (Fsp3) is 0.455. The van der Waals surface area contributed by atoms with E-state index in [-0.39, 0.29) is 45.5 Å². The largest absolute Gasteiger partial charge is 0.497 e. The molecular formula is C22H25ClN2O7S2. The summed E-state index contributed by atoms with van der Waals surface area (Å²) in [5.41, 5.74) is 0. The molecule has 4 rings (SSSR count). The standard InChI is InChI=1S/C22H25ClN2O7S2/c1-30-15-3-5-16(6-4-15)31-12-17-11-25(22(27)32-17)14-7-9-24(10-8-14)21(26)20-19(23)18(13-33-20)34(2,28)29/h3-6,13-14,17H,7-12H2,1-2H3. The van der Waals surface area contributed by atoms with Crippen molar-refractivity contribution in [3.8, 4) is 11.5 Å². The number of sulfone groups is 1. The summed E-state index contributed by atoms with van der Waals surface area (Å²) in [5, 5.41) is 1.37. The molecule has 0 spiro atoms. The predicted octanol–water partition coefficient (Wildman–Crippen LogP) is 3.32. The van der Waals surface area contributed by atoms with Crippen molar-refractivity contribution in [1.82, 2.24) is 9.80 Å². The third kappa shape index (κ3) is 5.26. The number of piperidine rings is 1. The van der Waals surface area contributed by atoms with Gasteiger partial charge in [-0.2, -0.15) is 0 Å². The number of thiophene rings is 1. The molecule has 2 amide bonds. The highest BCUT2D eigenvalue weighted by Gasteiger charge is 2.39.